The molecule has 7 nitrogen and oxygen atoms in total. The van der Waals surface area contributed by atoms with Crippen molar-refractivity contribution < 1.29 is 54.0 Å². The van der Waals surface area contributed by atoms with Gasteiger partial charge in [-0.2, -0.15) is 22.0 Å². The smallest absolute Gasteiger partial charge is 0.432 e. The van der Waals surface area contributed by atoms with Crippen LogP contribution in [0.15, 0.2) is 36.9 Å². The Balaban J connectivity index is 3.08. The van der Waals surface area contributed by atoms with E-state index >= 15 is 0 Å². The molecule has 1 rings (SSSR count). The Morgan fingerprint density at radius 3 is 2.00 bits per heavy atom. The van der Waals surface area contributed by atoms with Gasteiger partial charge >= 0.3 is 23.4 Å². The molecule has 0 saturated heterocycles. The molecule has 0 aliphatic heterocycles. The quantitative estimate of drug-likeness (QED) is 0.235. The molecule has 1 unspecified atom stereocenters. The van der Waals surface area contributed by atoms with E-state index in [1.165, 1.54) is 0 Å². The number of carbonyl (C=O) groups excluding carboxylic acids is 2. The highest BCUT2D eigenvalue weighted by Crippen LogP contribution is 2.38. The maximum Gasteiger partial charge on any atom is 0.432 e. The first kappa shape index (κ1) is 21.5. The van der Waals surface area contributed by atoms with E-state index in [1.807, 2.05) is 0 Å². The number of esters is 2. The van der Waals surface area contributed by atoms with Crippen molar-refractivity contribution in [2.45, 2.75) is 17.5 Å². The Morgan fingerprint density at radius 1 is 1.12 bits per heavy atom. The van der Waals surface area contributed by atoms with Gasteiger partial charge in [0, 0.05) is 6.08 Å². The van der Waals surface area contributed by atoms with Crippen molar-refractivity contribution in [1.29, 1.82) is 0 Å². The molecular formula is C13H8F5O7S-. The second-order valence-electron chi connectivity index (χ2n) is 4.49. The van der Waals surface area contributed by atoms with Crippen molar-refractivity contribution in [3.8, 4) is 5.75 Å². The van der Waals surface area contributed by atoms with E-state index in [-0.39, 0.29) is 5.75 Å². The summed E-state index contributed by atoms with van der Waals surface area (Å²) in [5.41, 5.74) is -0.711. The zero-order valence-electron chi connectivity index (χ0n) is 12.3. The summed E-state index contributed by atoms with van der Waals surface area (Å²) in [6.07, 6.45) is -9.76. The van der Waals surface area contributed by atoms with Crippen LogP contribution in [-0.2, 0) is 19.6 Å². The zero-order chi connectivity index (χ0) is 20.3. The number of halogens is 5. The highest BCUT2D eigenvalue weighted by Gasteiger charge is 2.63. The molecule has 1 aromatic rings. The van der Waals surface area contributed by atoms with E-state index in [4.69, 9.17) is 0 Å². The Labute approximate surface area is 142 Å². The third kappa shape index (κ3) is 4.98. The fourth-order valence-corrected chi connectivity index (χ4v) is 1.89. The SMILES string of the molecule is C=CC(=O)Oc1ccc(C(=O)OC(C(F)(F)F)C(F)(F)S(=O)(=O)[O-])cc1. The number of ether oxygens (including phenoxy) is 2. The summed E-state index contributed by atoms with van der Waals surface area (Å²) in [5.74, 6) is -3.04. The van der Waals surface area contributed by atoms with Crippen molar-refractivity contribution in [3.05, 3.63) is 42.5 Å². The average molecular weight is 403 g/mol. The molecule has 0 N–H and O–H groups in total. The molecule has 0 amide bonds. The lowest BCUT2D eigenvalue weighted by Gasteiger charge is -2.29. The largest absolute Gasteiger partial charge is 0.743 e. The predicted molar refractivity (Wildman–Crippen MR) is 72.2 cm³/mol. The summed E-state index contributed by atoms with van der Waals surface area (Å²) in [6.45, 7) is 3.10. The van der Waals surface area contributed by atoms with Gasteiger partial charge in [0.1, 0.15) is 5.75 Å². The Hall–Kier alpha value is -2.54. The van der Waals surface area contributed by atoms with E-state index in [1.54, 1.807) is 0 Å². The molecule has 26 heavy (non-hydrogen) atoms. The molecule has 0 bridgehead atoms. The lowest BCUT2D eigenvalue weighted by atomic mass is 10.2. The van der Waals surface area contributed by atoms with E-state index < -0.39 is 45.2 Å². The van der Waals surface area contributed by atoms with Gasteiger partial charge < -0.3 is 14.0 Å². The molecule has 0 aromatic heterocycles. The van der Waals surface area contributed by atoms with E-state index in [9.17, 15) is 44.5 Å². The molecule has 0 heterocycles. The van der Waals surface area contributed by atoms with Crippen LogP contribution in [0.1, 0.15) is 10.4 Å². The van der Waals surface area contributed by atoms with Gasteiger partial charge in [0.15, 0.2) is 10.1 Å². The second-order valence-corrected chi connectivity index (χ2v) is 5.95. The number of rotatable bonds is 6. The van der Waals surface area contributed by atoms with E-state index in [2.05, 4.69) is 16.1 Å². The van der Waals surface area contributed by atoms with Crippen molar-refractivity contribution in [3.63, 3.8) is 0 Å². The molecule has 0 radical (unpaired) electrons. The Bertz CT molecular complexity index is 799. The van der Waals surface area contributed by atoms with Crippen LogP contribution in [0.5, 0.6) is 5.75 Å². The van der Waals surface area contributed by atoms with Crippen LogP contribution in [0.4, 0.5) is 22.0 Å². The summed E-state index contributed by atoms with van der Waals surface area (Å²) < 4.78 is 104. The Kier molecular flexibility index (Phi) is 6.10. The van der Waals surface area contributed by atoms with Crippen LogP contribution in [0, 0.1) is 0 Å². The fraction of sp³-hybridized carbons (Fsp3) is 0.231. The first-order valence-corrected chi connectivity index (χ1v) is 7.66. The van der Waals surface area contributed by atoms with Crippen LogP contribution in [0.2, 0.25) is 0 Å². The molecule has 1 atom stereocenters. The predicted octanol–water partition coefficient (Wildman–Crippen LogP) is 2.00. The Morgan fingerprint density at radius 2 is 1.62 bits per heavy atom. The minimum atomic E-state index is -6.78. The summed E-state index contributed by atoms with van der Waals surface area (Å²) in [5, 5.41) is -5.94. The van der Waals surface area contributed by atoms with E-state index in [0.717, 1.165) is 30.3 Å². The highest BCUT2D eigenvalue weighted by atomic mass is 32.2. The molecular weight excluding hydrogens is 395 g/mol. The molecule has 1 aromatic carbocycles. The number of alkyl halides is 5. The van der Waals surface area contributed by atoms with Gasteiger partial charge in [-0.1, -0.05) is 6.58 Å². The van der Waals surface area contributed by atoms with Crippen molar-refractivity contribution >= 4 is 22.1 Å². The molecule has 13 heteroatoms. The second kappa shape index (κ2) is 7.37. The monoisotopic (exact) mass is 403 g/mol. The fourth-order valence-electron chi connectivity index (χ4n) is 1.45. The van der Waals surface area contributed by atoms with Gasteiger partial charge in [-0.05, 0) is 24.3 Å². The summed E-state index contributed by atoms with van der Waals surface area (Å²) in [6, 6.07) is 3.35. The van der Waals surface area contributed by atoms with Crippen molar-refractivity contribution in [1.82, 2.24) is 0 Å². The maximum absolute atomic E-state index is 13.2. The third-order valence-electron chi connectivity index (χ3n) is 2.64. The molecule has 0 spiro atoms. The van der Waals surface area contributed by atoms with Gasteiger partial charge in [-0.3, -0.25) is 0 Å². The summed E-state index contributed by atoms with van der Waals surface area (Å²) >= 11 is 0. The summed E-state index contributed by atoms with van der Waals surface area (Å²) in [7, 11) is -6.78. The standard InChI is InChI=1S/C13H9F5O7S/c1-2-9(19)24-8-5-3-7(4-6-8)10(20)25-11(12(14,15)16)13(17,18)26(21,22)23/h2-6,11H,1H2,(H,21,22,23)/p-1. The van der Waals surface area contributed by atoms with Crippen molar-refractivity contribution in [2.24, 2.45) is 0 Å². The topological polar surface area (TPSA) is 110 Å². The highest BCUT2D eigenvalue weighted by molar-refractivity contribution is 7.86. The first-order valence-electron chi connectivity index (χ1n) is 6.25. The normalized spacial score (nSPS) is 13.6. The zero-order valence-corrected chi connectivity index (χ0v) is 13.1. The van der Waals surface area contributed by atoms with Gasteiger partial charge in [0.2, 0.25) is 0 Å². The van der Waals surface area contributed by atoms with Gasteiger partial charge in [-0.15, -0.1) is 0 Å². The van der Waals surface area contributed by atoms with E-state index in [0.29, 0.717) is 0 Å². The van der Waals surface area contributed by atoms with Gasteiger partial charge in [-0.25, -0.2) is 18.0 Å². The molecule has 0 aliphatic carbocycles. The maximum atomic E-state index is 13.2. The lowest BCUT2D eigenvalue weighted by molar-refractivity contribution is -0.248. The minimum Gasteiger partial charge on any atom is -0.743 e. The lowest BCUT2D eigenvalue weighted by Crippen LogP contribution is -2.52. The molecule has 144 valence electrons. The summed E-state index contributed by atoms with van der Waals surface area (Å²) in [4.78, 5) is 22.5. The number of benzene rings is 1. The molecule has 0 fully saturated rings. The van der Waals surface area contributed by atoms with Gasteiger partial charge in [0.25, 0.3) is 6.10 Å². The van der Waals surface area contributed by atoms with Crippen molar-refractivity contribution in [2.75, 3.05) is 0 Å². The van der Waals surface area contributed by atoms with Crippen LogP contribution in [-0.4, -0.2) is 42.4 Å². The number of hydrogen-bond acceptors (Lipinski definition) is 7. The molecule has 0 saturated carbocycles. The van der Waals surface area contributed by atoms with Crippen LogP contribution < -0.4 is 4.74 Å². The first-order chi connectivity index (χ1) is 11.7. The minimum absolute atomic E-state index is 0.161. The molecule has 0 aliphatic rings. The van der Waals surface area contributed by atoms with Crippen LogP contribution in [0.25, 0.3) is 0 Å². The number of carbonyl (C=O) groups is 2. The van der Waals surface area contributed by atoms with Crippen LogP contribution in [0.3, 0.4) is 0 Å². The third-order valence-corrected chi connectivity index (χ3v) is 3.52. The van der Waals surface area contributed by atoms with Gasteiger partial charge in [0.05, 0.1) is 5.56 Å². The average Bonchev–Trinajstić information content (AvgIpc) is 2.50. The van der Waals surface area contributed by atoms with Crippen LogP contribution >= 0.6 is 0 Å². The number of hydrogen-bond donors (Lipinski definition) is 0.